The minimum absolute atomic E-state index is 0.234. The van der Waals surface area contributed by atoms with Crippen LogP contribution in [0.15, 0.2) is 0 Å². The number of hydrogen-bond acceptors (Lipinski definition) is 2. The van der Waals surface area contributed by atoms with Gasteiger partial charge in [0, 0.05) is 19.1 Å². The zero-order chi connectivity index (χ0) is 12.1. The number of unbranched alkanes of at least 4 members (excludes halogenated alkanes) is 7. The minimum Gasteiger partial charge on any atom is -0.396 e. The van der Waals surface area contributed by atoms with Crippen LogP contribution in [-0.2, 0) is 4.74 Å². The lowest BCUT2D eigenvalue weighted by atomic mass is 10.1. The van der Waals surface area contributed by atoms with Gasteiger partial charge in [-0.15, -0.1) is 0 Å². The third-order valence-electron chi connectivity index (χ3n) is 2.86. The van der Waals surface area contributed by atoms with Gasteiger partial charge in [-0.3, -0.25) is 0 Å². The zero-order valence-corrected chi connectivity index (χ0v) is 11.2. The van der Waals surface area contributed by atoms with E-state index in [-0.39, 0.29) is 12.5 Å². The highest BCUT2D eigenvalue weighted by atomic mass is 16.5. The normalized spacial score (nSPS) is 12.9. The largest absolute Gasteiger partial charge is 0.396 e. The number of ether oxygens (including phenoxy) is 1. The molecule has 0 spiro atoms. The van der Waals surface area contributed by atoms with Gasteiger partial charge in [-0.05, 0) is 6.42 Å². The summed E-state index contributed by atoms with van der Waals surface area (Å²) in [6.45, 7) is 6.06. The topological polar surface area (TPSA) is 29.5 Å². The predicted molar refractivity (Wildman–Crippen MR) is 69.7 cm³/mol. The van der Waals surface area contributed by atoms with Gasteiger partial charge >= 0.3 is 0 Å². The van der Waals surface area contributed by atoms with Crippen molar-refractivity contribution in [1.82, 2.24) is 0 Å². The summed E-state index contributed by atoms with van der Waals surface area (Å²) < 4.78 is 5.47. The van der Waals surface area contributed by atoms with Crippen molar-refractivity contribution >= 4 is 0 Å². The summed E-state index contributed by atoms with van der Waals surface area (Å²) >= 11 is 0. The molecular formula is C14H30O2. The molecule has 0 fully saturated rings. The molecule has 1 N–H and O–H groups in total. The maximum absolute atomic E-state index is 8.80. The Morgan fingerprint density at radius 2 is 1.50 bits per heavy atom. The van der Waals surface area contributed by atoms with Gasteiger partial charge in [0.25, 0.3) is 0 Å². The molecule has 0 heterocycles. The van der Waals surface area contributed by atoms with Crippen LogP contribution >= 0.6 is 0 Å². The molecule has 2 heteroatoms. The van der Waals surface area contributed by atoms with E-state index in [1.165, 1.54) is 51.4 Å². The van der Waals surface area contributed by atoms with Crippen LogP contribution in [0.3, 0.4) is 0 Å². The lowest BCUT2D eigenvalue weighted by Gasteiger charge is -2.08. The molecular weight excluding hydrogens is 200 g/mol. The molecule has 1 unspecified atom stereocenters. The Balaban J connectivity index is 2.93. The fraction of sp³-hybridized carbons (Fsp3) is 1.00. The Bertz CT molecular complexity index is 126. The molecule has 0 rings (SSSR count). The van der Waals surface area contributed by atoms with Crippen molar-refractivity contribution in [3.05, 3.63) is 0 Å². The first-order valence-electron chi connectivity index (χ1n) is 6.99. The number of aliphatic hydroxyl groups is 1. The molecule has 0 saturated heterocycles. The van der Waals surface area contributed by atoms with Crippen molar-refractivity contribution in [3.63, 3.8) is 0 Å². The van der Waals surface area contributed by atoms with Crippen molar-refractivity contribution in [2.45, 2.75) is 65.2 Å². The molecule has 0 bridgehead atoms. The Kier molecular flexibility index (Phi) is 12.9. The molecule has 0 aromatic carbocycles. The van der Waals surface area contributed by atoms with Gasteiger partial charge in [0.15, 0.2) is 0 Å². The van der Waals surface area contributed by atoms with Gasteiger partial charge in [-0.1, -0.05) is 58.8 Å². The molecule has 98 valence electrons. The monoisotopic (exact) mass is 230 g/mol. The van der Waals surface area contributed by atoms with Gasteiger partial charge in [-0.25, -0.2) is 0 Å². The van der Waals surface area contributed by atoms with Crippen molar-refractivity contribution in [3.8, 4) is 0 Å². The van der Waals surface area contributed by atoms with Gasteiger partial charge in [-0.2, -0.15) is 0 Å². The molecule has 0 amide bonds. The summed E-state index contributed by atoms with van der Waals surface area (Å²) in [5.74, 6) is 0.286. The first kappa shape index (κ1) is 15.9. The highest BCUT2D eigenvalue weighted by Crippen LogP contribution is 2.08. The summed E-state index contributed by atoms with van der Waals surface area (Å²) in [5.41, 5.74) is 0. The third-order valence-corrected chi connectivity index (χ3v) is 2.86. The van der Waals surface area contributed by atoms with Crippen molar-refractivity contribution in [2.75, 3.05) is 19.8 Å². The molecule has 0 saturated carbocycles. The molecule has 0 radical (unpaired) electrons. The van der Waals surface area contributed by atoms with Gasteiger partial charge in [0.2, 0.25) is 0 Å². The van der Waals surface area contributed by atoms with Crippen LogP contribution in [0, 0.1) is 5.92 Å². The van der Waals surface area contributed by atoms with Crippen LogP contribution in [0.25, 0.3) is 0 Å². The van der Waals surface area contributed by atoms with E-state index in [0.717, 1.165) is 6.61 Å². The second kappa shape index (κ2) is 13.0. The summed E-state index contributed by atoms with van der Waals surface area (Å²) in [6, 6.07) is 0. The maximum atomic E-state index is 8.80. The Hall–Kier alpha value is -0.0800. The highest BCUT2D eigenvalue weighted by Gasteiger charge is 1.98. The van der Waals surface area contributed by atoms with Crippen LogP contribution in [0.1, 0.15) is 65.2 Å². The van der Waals surface area contributed by atoms with Crippen molar-refractivity contribution in [1.29, 1.82) is 0 Å². The zero-order valence-electron chi connectivity index (χ0n) is 11.2. The second-order valence-electron chi connectivity index (χ2n) is 4.84. The lowest BCUT2D eigenvalue weighted by molar-refractivity contribution is 0.0775. The number of aliphatic hydroxyl groups excluding tert-OH is 1. The van der Waals surface area contributed by atoms with E-state index in [2.05, 4.69) is 6.92 Å². The summed E-state index contributed by atoms with van der Waals surface area (Å²) in [7, 11) is 0. The van der Waals surface area contributed by atoms with E-state index in [9.17, 15) is 0 Å². The van der Waals surface area contributed by atoms with Gasteiger partial charge in [0.1, 0.15) is 0 Å². The standard InChI is InChI=1S/C14H30O2/c1-3-4-5-6-7-8-9-10-11-16-13-14(2)12-15/h14-15H,3-13H2,1-2H3. The number of rotatable bonds is 12. The fourth-order valence-electron chi connectivity index (χ4n) is 1.68. The summed E-state index contributed by atoms with van der Waals surface area (Å²) in [5, 5.41) is 8.80. The summed E-state index contributed by atoms with van der Waals surface area (Å²) in [4.78, 5) is 0. The molecule has 2 nitrogen and oxygen atoms in total. The van der Waals surface area contributed by atoms with Crippen LogP contribution < -0.4 is 0 Å². The van der Waals surface area contributed by atoms with E-state index in [4.69, 9.17) is 9.84 Å². The second-order valence-corrected chi connectivity index (χ2v) is 4.84. The first-order valence-corrected chi connectivity index (χ1v) is 6.99. The van der Waals surface area contributed by atoms with Crippen LogP contribution in [0.4, 0.5) is 0 Å². The Morgan fingerprint density at radius 1 is 0.938 bits per heavy atom. The number of hydrogen-bond donors (Lipinski definition) is 1. The first-order chi connectivity index (χ1) is 7.81. The average molecular weight is 230 g/mol. The van der Waals surface area contributed by atoms with Crippen molar-refractivity contribution < 1.29 is 9.84 Å². The van der Waals surface area contributed by atoms with Crippen molar-refractivity contribution in [2.24, 2.45) is 5.92 Å². The van der Waals surface area contributed by atoms with E-state index in [1.807, 2.05) is 6.92 Å². The van der Waals surface area contributed by atoms with E-state index >= 15 is 0 Å². The quantitative estimate of drug-likeness (QED) is 0.517. The molecule has 1 atom stereocenters. The van der Waals surface area contributed by atoms with Crippen LogP contribution in [-0.4, -0.2) is 24.9 Å². The van der Waals surface area contributed by atoms with E-state index < -0.39 is 0 Å². The molecule has 0 aromatic heterocycles. The Labute approximate surface area is 101 Å². The summed E-state index contributed by atoms with van der Waals surface area (Å²) in [6.07, 6.45) is 10.7. The molecule has 16 heavy (non-hydrogen) atoms. The van der Waals surface area contributed by atoms with Gasteiger partial charge in [0.05, 0.1) is 6.61 Å². The van der Waals surface area contributed by atoms with Crippen LogP contribution in [0.2, 0.25) is 0 Å². The maximum Gasteiger partial charge on any atom is 0.0513 e. The SMILES string of the molecule is CCCCCCCCCCOCC(C)CO. The third kappa shape index (κ3) is 12.0. The molecule has 0 aliphatic heterocycles. The highest BCUT2D eigenvalue weighted by molar-refractivity contribution is 4.48. The fourth-order valence-corrected chi connectivity index (χ4v) is 1.68. The van der Waals surface area contributed by atoms with E-state index in [0.29, 0.717) is 6.61 Å². The molecule has 0 aliphatic rings. The smallest absolute Gasteiger partial charge is 0.0513 e. The minimum atomic E-state index is 0.234. The van der Waals surface area contributed by atoms with Crippen LogP contribution in [0.5, 0.6) is 0 Å². The average Bonchev–Trinajstić information content (AvgIpc) is 2.31. The lowest BCUT2D eigenvalue weighted by Crippen LogP contribution is -2.10. The Morgan fingerprint density at radius 3 is 2.06 bits per heavy atom. The predicted octanol–water partition coefficient (Wildman–Crippen LogP) is 3.77. The molecule has 0 aromatic rings. The van der Waals surface area contributed by atoms with Gasteiger partial charge < -0.3 is 9.84 Å². The molecule has 0 aliphatic carbocycles. The van der Waals surface area contributed by atoms with E-state index in [1.54, 1.807) is 0 Å².